The summed E-state index contributed by atoms with van der Waals surface area (Å²) in [6.07, 6.45) is 0. The lowest BCUT2D eigenvalue weighted by molar-refractivity contribution is 0.410. The first-order valence-corrected chi connectivity index (χ1v) is 10.1. The molecule has 0 saturated heterocycles. The van der Waals surface area contributed by atoms with Crippen LogP contribution in [0.3, 0.4) is 0 Å². The van der Waals surface area contributed by atoms with E-state index in [1.165, 1.54) is 33.4 Å². The first-order chi connectivity index (χ1) is 14.7. The molecule has 150 valence electrons. The Morgan fingerprint density at radius 2 is 0.833 bits per heavy atom. The molecule has 0 aliphatic rings. The molecule has 4 aromatic rings. The van der Waals surface area contributed by atoms with Gasteiger partial charge in [0.05, 0.1) is 14.2 Å². The molecule has 0 radical (unpaired) electrons. The van der Waals surface area contributed by atoms with Gasteiger partial charge in [-0.15, -0.1) is 0 Å². The van der Waals surface area contributed by atoms with Crippen molar-refractivity contribution in [3.63, 3.8) is 0 Å². The van der Waals surface area contributed by atoms with Crippen LogP contribution in [0.1, 0.15) is 11.1 Å². The highest BCUT2D eigenvalue weighted by Gasteiger charge is 2.21. The van der Waals surface area contributed by atoms with E-state index in [9.17, 15) is 0 Å². The topological polar surface area (TPSA) is 18.5 Å². The lowest BCUT2D eigenvalue weighted by Crippen LogP contribution is -1.99. The number of hydrogen-bond acceptors (Lipinski definition) is 2. The molecule has 0 fully saturated rings. The van der Waals surface area contributed by atoms with Crippen molar-refractivity contribution in [1.29, 1.82) is 0 Å². The maximum absolute atomic E-state index is 5.82. The van der Waals surface area contributed by atoms with Gasteiger partial charge in [0.25, 0.3) is 0 Å². The summed E-state index contributed by atoms with van der Waals surface area (Å²) in [6, 6.07) is 29.3. The molecule has 0 amide bonds. The van der Waals surface area contributed by atoms with Crippen molar-refractivity contribution in [2.75, 3.05) is 14.2 Å². The molecular weight excluding hydrogens is 368 g/mol. The normalized spacial score (nSPS) is 10.7. The Labute approximate surface area is 178 Å². The number of rotatable bonds is 5. The fourth-order valence-electron chi connectivity index (χ4n) is 4.20. The average molecular weight is 395 g/mol. The predicted molar refractivity (Wildman–Crippen MR) is 125 cm³/mol. The van der Waals surface area contributed by atoms with E-state index < -0.39 is 0 Å². The molecule has 0 unspecified atom stereocenters. The summed E-state index contributed by atoms with van der Waals surface area (Å²) in [5.74, 6) is 1.69. The highest BCUT2D eigenvalue weighted by Crippen LogP contribution is 2.46. The van der Waals surface area contributed by atoms with E-state index in [2.05, 4.69) is 86.6 Å². The molecule has 0 bridgehead atoms. The van der Waals surface area contributed by atoms with Crippen LogP contribution in [0.4, 0.5) is 0 Å². The van der Waals surface area contributed by atoms with Crippen LogP contribution < -0.4 is 9.47 Å². The Morgan fingerprint density at radius 3 is 1.17 bits per heavy atom. The van der Waals surface area contributed by atoms with Gasteiger partial charge in [0.15, 0.2) is 0 Å². The first kappa shape index (κ1) is 19.8. The maximum atomic E-state index is 5.82. The van der Waals surface area contributed by atoms with E-state index in [4.69, 9.17) is 9.47 Å². The van der Waals surface area contributed by atoms with Crippen LogP contribution in [0, 0.1) is 13.8 Å². The summed E-state index contributed by atoms with van der Waals surface area (Å²) < 4.78 is 11.6. The molecule has 0 aromatic heterocycles. The van der Waals surface area contributed by atoms with Gasteiger partial charge in [-0.3, -0.25) is 0 Å². The van der Waals surface area contributed by atoms with Gasteiger partial charge in [-0.05, 0) is 59.4 Å². The van der Waals surface area contributed by atoms with Gasteiger partial charge in [0, 0.05) is 11.1 Å². The number of hydrogen-bond donors (Lipinski definition) is 0. The van der Waals surface area contributed by atoms with Crippen molar-refractivity contribution < 1.29 is 9.47 Å². The van der Waals surface area contributed by atoms with E-state index in [1.807, 2.05) is 12.1 Å². The second-order valence-corrected chi connectivity index (χ2v) is 7.36. The summed E-state index contributed by atoms with van der Waals surface area (Å²) >= 11 is 0. The van der Waals surface area contributed by atoms with Gasteiger partial charge < -0.3 is 9.47 Å². The largest absolute Gasteiger partial charge is 0.496 e. The molecule has 0 heterocycles. The van der Waals surface area contributed by atoms with Gasteiger partial charge in [-0.1, -0.05) is 72.8 Å². The zero-order chi connectivity index (χ0) is 21.1. The number of methoxy groups -OCH3 is 2. The van der Waals surface area contributed by atoms with Gasteiger partial charge in [0.1, 0.15) is 11.5 Å². The van der Waals surface area contributed by atoms with Gasteiger partial charge in [-0.2, -0.15) is 0 Å². The van der Waals surface area contributed by atoms with Crippen molar-refractivity contribution in [3.05, 3.63) is 96.1 Å². The standard InChI is InChI=1S/C28H26O2/c1-19-23(21-11-7-5-8-12-21)15-17-25(29-3)27(19)28-20(2)24(16-18-26(28)30-4)22-13-9-6-10-14-22/h5-18H,1-4H3. The van der Waals surface area contributed by atoms with Gasteiger partial charge in [-0.25, -0.2) is 0 Å². The van der Waals surface area contributed by atoms with E-state index in [1.54, 1.807) is 14.2 Å². The predicted octanol–water partition coefficient (Wildman–Crippen LogP) is 7.32. The third kappa shape index (κ3) is 3.46. The summed E-state index contributed by atoms with van der Waals surface area (Å²) in [5, 5.41) is 0. The van der Waals surface area contributed by atoms with Crippen LogP contribution in [0.2, 0.25) is 0 Å². The fourth-order valence-corrected chi connectivity index (χ4v) is 4.20. The minimum atomic E-state index is 0.846. The number of benzene rings is 4. The average Bonchev–Trinajstić information content (AvgIpc) is 2.80. The third-order valence-electron chi connectivity index (χ3n) is 5.71. The molecule has 0 saturated carbocycles. The van der Waals surface area contributed by atoms with Gasteiger partial charge in [0.2, 0.25) is 0 Å². The summed E-state index contributed by atoms with van der Waals surface area (Å²) in [7, 11) is 3.45. The van der Waals surface area contributed by atoms with E-state index in [0.717, 1.165) is 22.6 Å². The lowest BCUT2D eigenvalue weighted by atomic mass is 9.86. The Kier molecular flexibility index (Phi) is 5.58. The molecule has 0 N–H and O–H groups in total. The lowest BCUT2D eigenvalue weighted by Gasteiger charge is -2.21. The molecule has 4 rings (SSSR count). The molecule has 0 atom stereocenters. The van der Waals surface area contributed by atoms with E-state index in [-0.39, 0.29) is 0 Å². The molecule has 2 heteroatoms. The molecular formula is C28H26O2. The molecule has 2 nitrogen and oxygen atoms in total. The van der Waals surface area contributed by atoms with Crippen LogP contribution in [-0.2, 0) is 0 Å². The van der Waals surface area contributed by atoms with Crippen LogP contribution in [0.25, 0.3) is 33.4 Å². The second-order valence-electron chi connectivity index (χ2n) is 7.36. The van der Waals surface area contributed by atoms with Crippen LogP contribution in [0.5, 0.6) is 11.5 Å². The number of ether oxygens (including phenoxy) is 2. The molecule has 4 aromatic carbocycles. The van der Waals surface area contributed by atoms with Crippen molar-refractivity contribution in [2.24, 2.45) is 0 Å². The van der Waals surface area contributed by atoms with Crippen molar-refractivity contribution in [2.45, 2.75) is 13.8 Å². The maximum Gasteiger partial charge on any atom is 0.127 e. The van der Waals surface area contributed by atoms with Crippen molar-refractivity contribution in [1.82, 2.24) is 0 Å². The quantitative estimate of drug-likeness (QED) is 0.353. The van der Waals surface area contributed by atoms with E-state index in [0.29, 0.717) is 0 Å². The highest BCUT2D eigenvalue weighted by molar-refractivity contribution is 5.90. The molecule has 0 aliphatic heterocycles. The van der Waals surface area contributed by atoms with Gasteiger partial charge >= 0.3 is 0 Å². The molecule has 0 aliphatic carbocycles. The molecule has 30 heavy (non-hydrogen) atoms. The minimum absolute atomic E-state index is 0.846. The third-order valence-corrected chi connectivity index (χ3v) is 5.71. The first-order valence-electron chi connectivity index (χ1n) is 10.1. The Balaban J connectivity index is 2.02. The summed E-state index contributed by atoms with van der Waals surface area (Å²) in [6.45, 7) is 4.32. The molecule has 0 spiro atoms. The minimum Gasteiger partial charge on any atom is -0.496 e. The van der Waals surface area contributed by atoms with Crippen LogP contribution in [-0.4, -0.2) is 14.2 Å². The Bertz CT molecular complexity index is 1070. The smallest absolute Gasteiger partial charge is 0.127 e. The van der Waals surface area contributed by atoms with Crippen LogP contribution in [0.15, 0.2) is 84.9 Å². The Morgan fingerprint density at radius 1 is 0.467 bits per heavy atom. The summed E-state index contributed by atoms with van der Waals surface area (Å²) in [5.41, 5.74) is 9.26. The highest BCUT2D eigenvalue weighted by atomic mass is 16.5. The van der Waals surface area contributed by atoms with Crippen LogP contribution >= 0.6 is 0 Å². The zero-order valence-electron chi connectivity index (χ0n) is 17.9. The Hall–Kier alpha value is -3.52. The summed E-state index contributed by atoms with van der Waals surface area (Å²) in [4.78, 5) is 0. The SMILES string of the molecule is COc1ccc(-c2ccccc2)c(C)c1-c1c(OC)ccc(-c2ccccc2)c1C. The van der Waals surface area contributed by atoms with Crippen molar-refractivity contribution >= 4 is 0 Å². The van der Waals surface area contributed by atoms with E-state index >= 15 is 0 Å². The second kappa shape index (κ2) is 8.46. The van der Waals surface area contributed by atoms with Crippen molar-refractivity contribution in [3.8, 4) is 44.9 Å². The monoisotopic (exact) mass is 394 g/mol. The zero-order valence-corrected chi connectivity index (χ0v) is 17.9. The fraction of sp³-hybridized carbons (Fsp3) is 0.143.